The lowest BCUT2D eigenvalue weighted by atomic mass is 10.0. The van der Waals surface area contributed by atoms with E-state index in [1.165, 1.54) is 6.07 Å². The van der Waals surface area contributed by atoms with Gasteiger partial charge in [-0.25, -0.2) is 4.39 Å². The van der Waals surface area contributed by atoms with Gasteiger partial charge in [0.2, 0.25) is 0 Å². The van der Waals surface area contributed by atoms with E-state index in [1.807, 2.05) is 12.1 Å². The Kier molecular flexibility index (Phi) is 5.99. The lowest BCUT2D eigenvalue weighted by Gasteiger charge is -2.13. The van der Waals surface area contributed by atoms with Crippen molar-refractivity contribution in [2.24, 2.45) is 5.92 Å². The van der Waals surface area contributed by atoms with Gasteiger partial charge in [-0.3, -0.25) is 0 Å². The number of benzene rings is 1. The van der Waals surface area contributed by atoms with Crippen LogP contribution in [0.1, 0.15) is 25.8 Å². The van der Waals surface area contributed by atoms with Gasteiger partial charge in [-0.1, -0.05) is 35.8 Å². The second-order valence-electron chi connectivity index (χ2n) is 4.25. The van der Waals surface area contributed by atoms with Gasteiger partial charge in [0.05, 0.1) is 0 Å². The number of halogens is 2. The van der Waals surface area contributed by atoms with Gasteiger partial charge >= 0.3 is 0 Å². The Balaban J connectivity index is 2.46. The Hall–Kier alpha value is -0.410. The van der Waals surface area contributed by atoms with Crippen LogP contribution in [-0.2, 0) is 6.42 Å². The van der Waals surface area contributed by atoms with E-state index in [9.17, 15) is 4.39 Å². The van der Waals surface area contributed by atoms with E-state index >= 15 is 0 Å². The highest BCUT2D eigenvalue weighted by molar-refractivity contribution is 9.10. The Bertz CT molecular complexity index is 328. The van der Waals surface area contributed by atoms with Crippen LogP contribution >= 0.6 is 15.9 Å². The fourth-order valence-corrected chi connectivity index (χ4v) is 1.99. The topological polar surface area (TPSA) is 12.0 Å². The summed E-state index contributed by atoms with van der Waals surface area (Å²) in [6.07, 6.45) is 1.93. The lowest BCUT2D eigenvalue weighted by molar-refractivity contribution is 0.497. The molecule has 0 bridgehead atoms. The van der Waals surface area contributed by atoms with Crippen LogP contribution < -0.4 is 5.32 Å². The molecule has 1 aromatic rings. The highest BCUT2D eigenvalue weighted by atomic mass is 79.9. The van der Waals surface area contributed by atoms with E-state index in [0.717, 1.165) is 36.0 Å². The van der Waals surface area contributed by atoms with Crippen molar-refractivity contribution >= 4 is 15.9 Å². The zero-order valence-electron chi connectivity index (χ0n) is 9.89. The lowest BCUT2D eigenvalue weighted by Crippen LogP contribution is -2.23. The third-order valence-corrected chi connectivity index (χ3v) is 3.00. The van der Waals surface area contributed by atoms with Crippen LogP contribution in [-0.4, -0.2) is 13.1 Å². The zero-order valence-corrected chi connectivity index (χ0v) is 11.5. The first kappa shape index (κ1) is 13.7. The molecule has 90 valence electrons. The van der Waals surface area contributed by atoms with Crippen molar-refractivity contribution in [1.29, 1.82) is 0 Å². The molecule has 1 atom stereocenters. The van der Waals surface area contributed by atoms with Gasteiger partial charge in [-0.2, -0.15) is 0 Å². The maximum atomic E-state index is 13.5. The smallest absolute Gasteiger partial charge is 0.127 e. The van der Waals surface area contributed by atoms with Gasteiger partial charge < -0.3 is 5.32 Å². The van der Waals surface area contributed by atoms with Crippen molar-refractivity contribution < 1.29 is 4.39 Å². The first-order valence-corrected chi connectivity index (χ1v) is 6.57. The predicted octanol–water partition coefficient (Wildman–Crippen LogP) is 3.77. The molecular weight excluding hydrogens is 269 g/mol. The van der Waals surface area contributed by atoms with Gasteiger partial charge in [-0.15, -0.1) is 0 Å². The molecule has 1 rings (SSSR count). The van der Waals surface area contributed by atoms with E-state index in [-0.39, 0.29) is 5.82 Å². The van der Waals surface area contributed by atoms with Crippen LogP contribution in [0, 0.1) is 11.7 Å². The average Bonchev–Trinajstić information content (AvgIpc) is 2.23. The van der Waals surface area contributed by atoms with Gasteiger partial charge in [0.1, 0.15) is 5.82 Å². The number of hydrogen-bond acceptors (Lipinski definition) is 1. The molecule has 0 heterocycles. The molecule has 1 aromatic carbocycles. The molecule has 0 radical (unpaired) electrons. The molecule has 1 N–H and O–H groups in total. The third-order valence-electron chi connectivity index (χ3n) is 2.50. The van der Waals surface area contributed by atoms with Crippen molar-refractivity contribution in [3.8, 4) is 0 Å². The van der Waals surface area contributed by atoms with Crippen molar-refractivity contribution in [1.82, 2.24) is 5.32 Å². The van der Waals surface area contributed by atoms with Gasteiger partial charge in [0.15, 0.2) is 0 Å². The minimum atomic E-state index is -0.114. The summed E-state index contributed by atoms with van der Waals surface area (Å²) in [7, 11) is 0. The summed E-state index contributed by atoms with van der Waals surface area (Å²) in [5.74, 6) is 0.346. The summed E-state index contributed by atoms with van der Waals surface area (Å²) in [6, 6.07) is 5.28. The normalized spacial score (nSPS) is 12.8. The molecule has 0 aliphatic carbocycles. The first-order chi connectivity index (χ1) is 7.63. The Morgan fingerprint density at radius 3 is 2.81 bits per heavy atom. The molecule has 3 heteroatoms. The third kappa shape index (κ3) is 4.62. The summed E-state index contributed by atoms with van der Waals surface area (Å²) in [5.41, 5.74) is 0.800. The number of rotatable bonds is 6. The molecule has 0 amide bonds. The summed E-state index contributed by atoms with van der Waals surface area (Å²) in [4.78, 5) is 0. The zero-order chi connectivity index (χ0) is 12.0. The van der Waals surface area contributed by atoms with E-state index < -0.39 is 0 Å². The molecule has 16 heavy (non-hydrogen) atoms. The number of nitrogens with one attached hydrogen (secondary N) is 1. The average molecular weight is 288 g/mol. The summed E-state index contributed by atoms with van der Waals surface area (Å²) in [6.45, 7) is 6.27. The summed E-state index contributed by atoms with van der Waals surface area (Å²) in [5, 5.41) is 3.35. The first-order valence-electron chi connectivity index (χ1n) is 5.78. The maximum absolute atomic E-state index is 13.5. The molecule has 0 aliphatic heterocycles. The van der Waals surface area contributed by atoms with E-state index in [1.54, 1.807) is 0 Å². The van der Waals surface area contributed by atoms with E-state index in [2.05, 4.69) is 35.1 Å². The minimum absolute atomic E-state index is 0.114. The van der Waals surface area contributed by atoms with Gasteiger partial charge in [0, 0.05) is 4.47 Å². The Morgan fingerprint density at radius 1 is 1.44 bits per heavy atom. The maximum Gasteiger partial charge on any atom is 0.127 e. The van der Waals surface area contributed by atoms with Crippen LogP contribution in [0.5, 0.6) is 0 Å². The molecule has 1 nitrogen and oxygen atoms in total. The second-order valence-corrected chi connectivity index (χ2v) is 5.16. The molecule has 0 aromatic heterocycles. The molecule has 1 unspecified atom stereocenters. The van der Waals surface area contributed by atoms with Crippen LogP contribution in [0.3, 0.4) is 0 Å². The van der Waals surface area contributed by atoms with Crippen molar-refractivity contribution in [3.63, 3.8) is 0 Å². The SMILES string of the molecule is CCCNCC(C)Cc1ccc(Br)cc1F. The van der Waals surface area contributed by atoms with Crippen molar-refractivity contribution in [2.45, 2.75) is 26.7 Å². The highest BCUT2D eigenvalue weighted by Crippen LogP contribution is 2.17. The fourth-order valence-electron chi connectivity index (χ4n) is 1.66. The standard InChI is InChI=1S/C13H19BrFN/c1-3-6-16-9-10(2)7-11-4-5-12(14)8-13(11)15/h4-5,8,10,16H,3,6-7,9H2,1-2H3. The van der Waals surface area contributed by atoms with Crippen LogP contribution in [0.4, 0.5) is 4.39 Å². The summed E-state index contributed by atoms with van der Waals surface area (Å²) < 4.78 is 14.3. The monoisotopic (exact) mass is 287 g/mol. The highest BCUT2D eigenvalue weighted by Gasteiger charge is 2.07. The summed E-state index contributed by atoms with van der Waals surface area (Å²) >= 11 is 3.26. The van der Waals surface area contributed by atoms with Gasteiger partial charge in [-0.05, 0) is 49.5 Å². The molecule has 0 saturated heterocycles. The second kappa shape index (κ2) is 7.02. The fraction of sp³-hybridized carbons (Fsp3) is 0.538. The van der Waals surface area contributed by atoms with E-state index in [4.69, 9.17) is 0 Å². The molecule has 0 saturated carbocycles. The van der Waals surface area contributed by atoms with Crippen LogP contribution in [0.25, 0.3) is 0 Å². The van der Waals surface area contributed by atoms with Crippen LogP contribution in [0.2, 0.25) is 0 Å². The quantitative estimate of drug-likeness (QED) is 0.786. The predicted molar refractivity (Wildman–Crippen MR) is 70.1 cm³/mol. The van der Waals surface area contributed by atoms with Gasteiger partial charge in [0.25, 0.3) is 0 Å². The molecule has 0 fully saturated rings. The van der Waals surface area contributed by atoms with E-state index in [0.29, 0.717) is 5.92 Å². The number of hydrogen-bond donors (Lipinski definition) is 1. The van der Waals surface area contributed by atoms with Crippen LogP contribution in [0.15, 0.2) is 22.7 Å². The Morgan fingerprint density at radius 2 is 2.19 bits per heavy atom. The molecule has 0 spiro atoms. The minimum Gasteiger partial charge on any atom is -0.316 e. The molecular formula is C13H19BrFN. The van der Waals surface area contributed by atoms with Crippen molar-refractivity contribution in [3.05, 3.63) is 34.1 Å². The largest absolute Gasteiger partial charge is 0.316 e. The Labute approximate surface area is 106 Å². The van der Waals surface area contributed by atoms with Crippen molar-refractivity contribution in [2.75, 3.05) is 13.1 Å². The molecule has 0 aliphatic rings.